The lowest BCUT2D eigenvalue weighted by Crippen LogP contribution is -2.55. The fraction of sp³-hybridized carbons (Fsp3) is 0.632. The van der Waals surface area contributed by atoms with Gasteiger partial charge in [-0.25, -0.2) is 0 Å². The van der Waals surface area contributed by atoms with E-state index in [2.05, 4.69) is 12.2 Å². The molecule has 118 valence electrons. The highest BCUT2D eigenvalue weighted by atomic mass is 32.1. The monoisotopic (exact) mass is 315 g/mol. The Hall–Kier alpha value is -1.09. The molecular formula is C19H25NOS. The molecule has 0 unspecified atom stereocenters. The third kappa shape index (κ3) is 2.64. The Balaban J connectivity index is 1.41. The van der Waals surface area contributed by atoms with Crippen molar-refractivity contribution in [3.63, 3.8) is 0 Å². The highest BCUT2D eigenvalue weighted by Gasteiger charge is 2.53. The lowest BCUT2D eigenvalue weighted by Gasteiger charge is -2.59. The largest absolute Gasteiger partial charge is 0.350 e. The molecule has 3 heteroatoms. The van der Waals surface area contributed by atoms with E-state index < -0.39 is 0 Å². The van der Waals surface area contributed by atoms with Crippen molar-refractivity contribution >= 4 is 23.3 Å². The molecule has 1 heterocycles. The van der Waals surface area contributed by atoms with Crippen LogP contribution < -0.4 is 5.32 Å². The molecule has 4 fully saturated rings. The molecule has 0 aliphatic heterocycles. The van der Waals surface area contributed by atoms with Gasteiger partial charge in [-0.2, -0.15) is 0 Å². The standard InChI is InChI=1S/C19H25NOS/c1-13(20-18(21)5-4-17-3-2-6-22-17)19-10-14-7-15(11-19)9-16(8-14)12-19/h2-6,13-16H,7-12H2,1H3,(H,20,21)/b5-4+/t13-,14?,15?,16?,19?/m0/s1. The number of carbonyl (C=O) groups is 1. The summed E-state index contributed by atoms with van der Waals surface area (Å²) in [5.74, 6) is 2.88. The molecule has 5 rings (SSSR count). The van der Waals surface area contributed by atoms with Gasteiger partial charge in [0.05, 0.1) is 0 Å². The average molecular weight is 315 g/mol. The quantitative estimate of drug-likeness (QED) is 0.815. The normalized spacial score (nSPS) is 37.6. The van der Waals surface area contributed by atoms with Crippen molar-refractivity contribution in [2.45, 2.75) is 51.5 Å². The molecule has 1 aromatic heterocycles. The summed E-state index contributed by atoms with van der Waals surface area (Å²) in [6.45, 7) is 2.24. The molecule has 4 bridgehead atoms. The van der Waals surface area contributed by atoms with Crippen LogP contribution in [0, 0.1) is 23.2 Å². The first-order valence-electron chi connectivity index (χ1n) is 8.65. The molecule has 4 aliphatic carbocycles. The van der Waals surface area contributed by atoms with Crippen LogP contribution in [0.15, 0.2) is 23.6 Å². The maximum absolute atomic E-state index is 12.2. The van der Waals surface area contributed by atoms with Gasteiger partial charge < -0.3 is 5.32 Å². The van der Waals surface area contributed by atoms with E-state index in [1.54, 1.807) is 17.4 Å². The Kier molecular flexibility index (Phi) is 3.64. The number of amides is 1. The van der Waals surface area contributed by atoms with Gasteiger partial charge in [-0.1, -0.05) is 6.07 Å². The summed E-state index contributed by atoms with van der Waals surface area (Å²) in [6, 6.07) is 4.36. The van der Waals surface area contributed by atoms with Gasteiger partial charge in [-0.3, -0.25) is 4.79 Å². The third-order valence-electron chi connectivity index (χ3n) is 6.31. The highest BCUT2D eigenvalue weighted by molar-refractivity contribution is 7.10. The van der Waals surface area contributed by atoms with E-state index >= 15 is 0 Å². The van der Waals surface area contributed by atoms with Gasteiger partial charge in [0.15, 0.2) is 0 Å². The van der Waals surface area contributed by atoms with Gasteiger partial charge in [0.25, 0.3) is 0 Å². The zero-order valence-electron chi connectivity index (χ0n) is 13.3. The van der Waals surface area contributed by atoms with Gasteiger partial charge in [0.2, 0.25) is 5.91 Å². The summed E-state index contributed by atoms with van der Waals surface area (Å²) >= 11 is 1.66. The first kappa shape index (κ1) is 14.5. The van der Waals surface area contributed by atoms with Gasteiger partial charge in [0, 0.05) is 17.0 Å². The van der Waals surface area contributed by atoms with Crippen LogP contribution in [0.25, 0.3) is 6.08 Å². The van der Waals surface area contributed by atoms with Gasteiger partial charge in [0.1, 0.15) is 0 Å². The van der Waals surface area contributed by atoms with Crippen molar-refractivity contribution in [1.82, 2.24) is 5.32 Å². The number of hydrogen-bond donors (Lipinski definition) is 1. The van der Waals surface area contributed by atoms with Crippen molar-refractivity contribution in [1.29, 1.82) is 0 Å². The second-order valence-corrected chi connectivity index (χ2v) is 8.84. The van der Waals surface area contributed by atoms with E-state index in [1.807, 2.05) is 23.6 Å². The molecule has 22 heavy (non-hydrogen) atoms. The molecule has 0 aromatic carbocycles. The maximum atomic E-state index is 12.2. The Morgan fingerprint density at radius 3 is 2.45 bits per heavy atom. The summed E-state index contributed by atoms with van der Waals surface area (Å²) in [6.07, 6.45) is 12.0. The SMILES string of the molecule is C[C@H](NC(=O)/C=C/c1cccs1)C12CC3CC(CC(C3)C1)C2. The second-order valence-electron chi connectivity index (χ2n) is 7.86. The Morgan fingerprint density at radius 2 is 1.91 bits per heavy atom. The Morgan fingerprint density at radius 1 is 1.27 bits per heavy atom. The minimum atomic E-state index is 0.0663. The van der Waals surface area contributed by atoms with Crippen LogP contribution in [-0.2, 0) is 4.79 Å². The van der Waals surface area contributed by atoms with Crippen LogP contribution in [0.4, 0.5) is 0 Å². The van der Waals surface area contributed by atoms with Crippen molar-refractivity contribution in [3.8, 4) is 0 Å². The van der Waals surface area contributed by atoms with Gasteiger partial charge in [-0.15, -0.1) is 11.3 Å². The average Bonchev–Trinajstić information content (AvgIpc) is 2.97. The third-order valence-corrected chi connectivity index (χ3v) is 7.14. The van der Waals surface area contributed by atoms with Crippen molar-refractivity contribution in [2.24, 2.45) is 23.2 Å². The summed E-state index contributed by atoms with van der Waals surface area (Å²) in [7, 11) is 0. The molecule has 1 N–H and O–H groups in total. The molecule has 4 saturated carbocycles. The molecule has 1 amide bonds. The summed E-state index contributed by atoms with van der Waals surface area (Å²) in [5.41, 5.74) is 0.390. The topological polar surface area (TPSA) is 29.1 Å². The molecule has 1 atom stereocenters. The fourth-order valence-corrected chi connectivity index (χ4v) is 6.28. The second kappa shape index (κ2) is 5.52. The van der Waals surface area contributed by atoms with Crippen molar-refractivity contribution in [3.05, 3.63) is 28.5 Å². The van der Waals surface area contributed by atoms with E-state index in [1.165, 1.54) is 38.5 Å². The summed E-state index contributed by atoms with van der Waals surface area (Å²) in [5, 5.41) is 5.32. The molecule has 0 saturated heterocycles. The van der Waals surface area contributed by atoms with Crippen LogP contribution in [0.2, 0.25) is 0 Å². The number of rotatable bonds is 4. The predicted octanol–water partition coefficient (Wildman–Crippen LogP) is 4.48. The van der Waals surface area contributed by atoms with E-state index in [4.69, 9.17) is 0 Å². The highest BCUT2D eigenvalue weighted by Crippen LogP contribution is 2.61. The van der Waals surface area contributed by atoms with Crippen LogP contribution in [0.1, 0.15) is 50.3 Å². The van der Waals surface area contributed by atoms with E-state index in [9.17, 15) is 4.79 Å². The number of carbonyl (C=O) groups excluding carboxylic acids is 1. The fourth-order valence-electron chi connectivity index (χ4n) is 5.67. The number of nitrogens with one attached hydrogen (secondary N) is 1. The Labute approximate surface area is 137 Å². The van der Waals surface area contributed by atoms with Gasteiger partial charge >= 0.3 is 0 Å². The lowest BCUT2D eigenvalue weighted by molar-refractivity contribution is -0.121. The Bertz CT molecular complexity index is 539. The first-order valence-corrected chi connectivity index (χ1v) is 9.53. The van der Waals surface area contributed by atoms with Crippen molar-refractivity contribution < 1.29 is 4.79 Å². The van der Waals surface area contributed by atoms with Gasteiger partial charge in [-0.05, 0) is 86.1 Å². The smallest absolute Gasteiger partial charge is 0.244 e. The minimum absolute atomic E-state index is 0.0663. The van der Waals surface area contributed by atoms with E-state index in [0.29, 0.717) is 11.5 Å². The number of hydrogen-bond acceptors (Lipinski definition) is 2. The molecule has 0 radical (unpaired) electrons. The van der Waals surface area contributed by atoms with Crippen molar-refractivity contribution in [2.75, 3.05) is 0 Å². The minimum Gasteiger partial charge on any atom is -0.350 e. The lowest BCUT2D eigenvalue weighted by atomic mass is 9.48. The van der Waals surface area contributed by atoms with E-state index in [0.717, 1.165) is 22.6 Å². The molecular weight excluding hydrogens is 290 g/mol. The number of thiophene rings is 1. The zero-order chi connectivity index (χ0) is 15.2. The molecule has 2 nitrogen and oxygen atoms in total. The maximum Gasteiger partial charge on any atom is 0.244 e. The first-order chi connectivity index (χ1) is 10.6. The van der Waals surface area contributed by atoms with Crippen LogP contribution in [0.5, 0.6) is 0 Å². The predicted molar refractivity (Wildman–Crippen MR) is 91.6 cm³/mol. The van der Waals surface area contributed by atoms with Crippen LogP contribution in [-0.4, -0.2) is 11.9 Å². The summed E-state index contributed by atoms with van der Waals surface area (Å²) < 4.78 is 0. The zero-order valence-corrected chi connectivity index (χ0v) is 14.1. The van der Waals surface area contributed by atoms with E-state index in [-0.39, 0.29) is 5.91 Å². The molecule has 0 spiro atoms. The molecule has 4 aliphatic rings. The summed E-state index contributed by atoms with van der Waals surface area (Å²) in [4.78, 5) is 13.4. The van der Waals surface area contributed by atoms with Crippen LogP contribution in [0.3, 0.4) is 0 Å². The van der Waals surface area contributed by atoms with Crippen LogP contribution >= 0.6 is 11.3 Å². The molecule has 1 aromatic rings.